The van der Waals surface area contributed by atoms with Gasteiger partial charge in [0.25, 0.3) is 0 Å². The van der Waals surface area contributed by atoms with Crippen LogP contribution in [0.5, 0.6) is 0 Å². The van der Waals surface area contributed by atoms with Gasteiger partial charge >= 0.3 is 5.97 Å². The minimum atomic E-state index is -0.572. The molecule has 3 nitrogen and oxygen atoms in total. The SMILES string of the molecule is CC(C(=O)ONCc1ccccc1)c1ccc(-c2ccccc2)c(F)c1. The van der Waals surface area contributed by atoms with Gasteiger partial charge in [0.1, 0.15) is 5.82 Å². The van der Waals surface area contributed by atoms with E-state index in [9.17, 15) is 9.18 Å². The highest BCUT2D eigenvalue weighted by Gasteiger charge is 2.19. The molecule has 0 heterocycles. The summed E-state index contributed by atoms with van der Waals surface area (Å²) in [6.45, 7) is 2.12. The zero-order chi connectivity index (χ0) is 18.4. The minimum absolute atomic E-state index is 0.356. The smallest absolute Gasteiger partial charge is 0.331 e. The Hall–Kier alpha value is -2.98. The Kier molecular flexibility index (Phi) is 5.77. The van der Waals surface area contributed by atoms with E-state index in [2.05, 4.69) is 5.48 Å². The monoisotopic (exact) mass is 349 g/mol. The van der Waals surface area contributed by atoms with Gasteiger partial charge in [0, 0.05) is 5.56 Å². The van der Waals surface area contributed by atoms with Crippen molar-refractivity contribution in [1.82, 2.24) is 5.48 Å². The summed E-state index contributed by atoms with van der Waals surface area (Å²) < 4.78 is 14.5. The van der Waals surface area contributed by atoms with E-state index in [1.165, 1.54) is 6.07 Å². The Morgan fingerprint density at radius 3 is 2.31 bits per heavy atom. The molecule has 0 aromatic heterocycles. The van der Waals surface area contributed by atoms with Crippen molar-refractivity contribution in [2.75, 3.05) is 0 Å². The van der Waals surface area contributed by atoms with Crippen molar-refractivity contribution in [2.45, 2.75) is 19.4 Å². The van der Waals surface area contributed by atoms with E-state index in [0.29, 0.717) is 17.7 Å². The molecule has 0 saturated carbocycles. The molecular weight excluding hydrogens is 329 g/mol. The standard InChI is InChI=1S/C22H20FNO2/c1-16(22(25)26-24-15-17-8-4-2-5-9-17)19-12-13-20(21(23)14-19)18-10-6-3-7-11-18/h2-14,16,24H,15H2,1H3. The lowest BCUT2D eigenvalue weighted by molar-refractivity contribution is -0.153. The molecule has 4 heteroatoms. The topological polar surface area (TPSA) is 38.3 Å². The number of halogens is 1. The summed E-state index contributed by atoms with van der Waals surface area (Å²) in [7, 11) is 0. The number of hydroxylamine groups is 1. The summed E-state index contributed by atoms with van der Waals surface area (Å²) in [6.07, 6.45) is 0. The third-order valence-corrected chi connectivity index (χ3v) is 4.22. The summed E-state index contributed by atoms with van der Waals surface area (Å²) in [5, 5.41) is 0. The van der Waals surface area contributed by atoms with Crippen LogP contribution in [0.1, 0.15) is 24.0 Å². The van der Waals surface area contributed by atoms with Crippen LogP contribution in [-0.4, -0.2) is 5.97 Å². The predicted molar refractivity (Wildman–Crippen MR) is 99.6 cm³/mol. The van der Waals surface area contributed by atoms with Gasteiger partial charge in [-0.15, -0.1) is 5.48 Å². The first-order chi connectivity index (χ1) is 12.6. The summed E-state index contributed by atoms with van der Waals surface area (Å²) in [5.74, 6) is -1.38. The normalized spacial score (nSPS) is 11.8. The third-order valence-electron chi connectivity index (χ3n) is 4.22. The maximum atomic E-state index is 14.5. The van der Waals surface area contributed by atoms with Crippen LogP contribution in [0.15, 0.2) is 78.9 Å². The van der Waals surface area contributed by atoms with Crippen LogP contribution in [0, 0.1) is 5.82 Å². The number of hydrogen-bond acceptors (Lipinski definition) is 3. The molecule has 0 saturated heterocycles. The zero-order valence-corrected chi connectivity index (χ0v) is 14.5. The van der Waals surface area contributed by atoms with Gasteiger partial charge in [0.05, 0.1) is 12.5 Å². The van der Waals surface area contributed by atoms with E-state index in [1.807, 2.05) is 60.7 Å². The van der Waals surface area contributed by atoms with Crippen molar-refractivity contribution in [3.63, 3.8) is 0 Å². The fourth-order valence-corrected chi connectivity index (χ4v) is 2.66. The summed E-state index contributed by atoms with van der Waals surface area (Å²) in [6, 6.07) is 23.8. The molecule has 0 bridgehead atoms. The molecule has 0 aliphatic carbocycles. The molecule has 26 heavy (non-hydrogen) atoms. The number of nitrogens with one attached hydrogen (secondary N) is 1. The lowest BCUT2D eigenvalue weighted by Crippen LogP contribution is -2.23. The lowest BCUT2D eigenvalue weighted by Gasteiger charge is -2.13. The van der Waals surface area contributed by atoms with Crippen LogP contribution in [0.25, 0.3) is 11.1 Å². The van der Waals surface area contributed by atoms with Gasteiger partial charge in [-0.2, -0.15) is 0 Å². The predicted octanol–water partition coefficient (Wildman–Crippen LogP) is 4.84. The van der Waals surface area contributed by atoms with Gasteiger partial charge in [-0.05, 0) is 29.7 Å². The molecule has 3 rings (SSSR count). The number of hydrogen-bond donors (Lipinski definition) is 1. The van der Waals surface area contributed by atoms with Gasteiger partial charge in [0.2, 0.25) is 0 Å². The number of rotatable bonds is 6. The van der Waals surface area contributed by atoms with Crippen molar-refractivity contribution in [1.29, 1.82) is 0 Å². The van der Waals surface area contributed by atoms with Gasteiger partial charge in [0.15, 0.2) is 0 Å². The van der Waals surface area contributed by atoms with Crippen LogP contribution >= 0.6 is 0 Å². The van der Waals surface area contributed by atoms with Gasteiger partial charge in [-0.3, -0.25) is 0 Å². The van der Waals surface area contributed by atoms with Crippen LogP contribution in [-0.2, 0) is 16.2 Å². The lowest BCUT2D eigenvalue weighted by atomic mass is 9.97. The first-order valence-corrected chi connectivity index (χ1v) is 8.47. The molecule has 1 unspecified atom stereocenters. The summed E-state index contributed by atoms with van der Waals surface area (Å²) in [4.78, 5) is 17.3. The molecule has 0 aliphatic heterocycles. The largest absolute Gasteiger partial charge is 0.370 e. The van der Waals surface area contributed by atoms with E-state index < -0.39 is 11.9 Å². The van der Waals surface area contributed by atoms with E-state index in [0.717, 1.165) is 11.1 Å². The molecular formula is C22H20FNO2. The van der Waals surface area contributed by atoms with Crippen molar-refractivity contribution in [3.8, 4) is 11.1 Å². The average Bonchev–Trinajstić information content (AvgIpc) is 2.68. The molecule has 0 spiro atoms. The molecule has 3 aromatic carbocycles. The molecule has 1 N–H and O–H groups in total. The van der Waals surface area contributed by atoms with Crippen LogP contribution in [0.2, 0.25) is 0 Å². The molecule has 0 amide bonds. The minimum Gasteiger partial charge on any atom is -0.370 e. The number of carbonyl (C=O) groups is 1. The van der Waals surface area contributed by atoms with Crippen LogP contribution in [0.4, 0.5) is 4.39 Å². The van der Waals surface area contributed by atoms with Crippen molar-refractivity contribution in [2.24, 2.45) is 0 Å². The quantitative estimate of drug-likeness (QED) is 0.647. The highest BCUT2D eigenvalue weighted by Crippen LogP contribution is 2.26. The summed E-state index contributed by atoms with van der Waals surface area (Å²) >= 11 is 0. The molecule has 0 radical (unpaired) electrons. The molecule has 0 fully saturated rings. The average molecular weight is 349 g/mol. The van der Waals surface area contributed by atoms with Gasteiger partial charge in [-0.1, -0.05) is 72.8 Å². The van der Waals surface area contributed by atoms with E-state index in [4.69, 9.17) is 4.84 Å². The molecule has 1 atom stereocenters. The Balaban J connectivity index is 1.63. The second-order valence-corrected chi connectivity index (χ2v) is 6.05. The second kappa shape index (κ2) is 8.41. The second-order valence-electron chi connectivity index (χ2n) is 6.05. The van der Waals surface area contributed by atoms with Crippen molar-refractivity contribution < 1.29 is 14.0 Å². The Morgan fingerprint density at radius 2 is 1.65 bits per heavy atom. The van der Waals surface area contributed by atoms with Gasteiger partial charge in [-0.25, -0.2) is 9.18 Å². The maximum Gasteiger partial charge on any atom is 0.331 e. The Bertz CT molecular complexity index is 866. The molecule has 0 aliphatic rings. The van der Waals surface area contributed by atoms with Crippen molar-refractivity contribution >= 4 is 5.97 Å². The van der Waals surface area contributed by atoms with Gasteiger partial charge < -0.3 is 4.84 Å². The highest BCUT2D eigenvalue weighted by atomic mass is 19.1. The first-order valence-electron chi connectivity index (χ1n) is 8.47. The van der Waals surface area contributed by atoms with Crippen LogP contribution in [0.3, 0.4) is 0 Å². The number of benzene rings is 3. The number of carbonyl (C=O) groups excluding carboxylic acids is 1. The molecule has 132 valence electrons. The zero-order valence-electron chi connectivity index (χ0n) is 14.5. The van der Waals surface area contributed by atoms with E-state index in [1.54, 1.807) is 19.1 Å². The Labute approximate surface area is 152 Å². The highest BCUT2D eigenvalue weighted by molar-refractivity contribution is 5.78. The van der Waals surface area contributed by atoms with E-state index >= 15 is 0 Å². The first kappa shape index (κ1) is 17.8. The third kappa shape index (κ3) is 4.35. The fraction of sp³-hybridized carbons (Fsp3) is 0.136. The Morgan fingerprint density at radius 1 is 1.00 bits per heavy atom. The molecule has 3 aromatic rings. The maximum absolute atomic E-state index is 14.5. The summed E-state index contributed by atoms with van der Waals surface area (Å²) in [5.41, 5.74) is 5.56. The fourth-order valence-electron chi connectivity index (χ4n) is 2.66. The van der Waals surface area contributed by atoms with Crippen LogP contribution < -0.4 is 5.48 Å². The van der Waals surface area contributed by atoms with Crippen molar-refractivity contribution in [3.05, 3.63) is 95.8 Å². The van der Waals surface area contributed by atoms with E-state index in [-0.39, 0.29) is 5.82 Å².